The smallest absolute Gasteiger partial charge is 0.147 e. The maximum atomic E-state index is 9.18. The molecule has 1 aliphatic carbocycles. The van der Waals surface area contributed by atoms with E-state index in [-0.39, 0.29) is 30.2 Å². The van der Waals surface area contributed by atoms with Crippen molar-refractivity contribution in [2.75, 3.05) is 0 Å². The monoisotopic (exact) mass is 391 g/mol. The van der Waals surface area contributed by atoms with Crippen molar-refractivity contribution in [3.63, 3.8) is 0 Å². The summed E-state index contributed by atoms with van der Waals surface area (Å²) in [5.41, 5.74) is 2.56. The molecule has 0 aliphatic heterocycles. The van der Waals surface area contributed by atoms with Crippen molar-refractivity contribution in [2.24, 2.45) is 0 Å². The third-order valence-corrected chi connectivity index (χ3v) is 2.58. The number of allylic oxidation sites excluding steroid dienone is 4. The van der Waals surface area contributed by atoms with E-state index in [2.05, 4.69) is 79.7 Å². The van der Waals surface area contributed by atoms with Crippen LogP contribution in [0.2, 0.25) is 0 Å². The molecular weight excluding hydrogens is 363 g/mol. The Morgan fingerprint density at radius 1 is 1.17 bits per heavy atom. The number of phenolic OH excluding ortho intramolecular Hbond substituents is 1. The van der Waals surface area contributed by atoms with Crippen LogP contribution >= 0.6 is 24.8 Å². The van der Waals surface area contributed by atoms with Gasteiger partial charge in [0.15, 0.2) is 0 Å². The van der Waals surface area contributed by atoms with Crippen LogP contribution in [-0.2, 0) is 25.4 Å². The third kappa shape index (κ3) is 16.3. The van der Waals surface area contributed by atoms with Crippen molar-refractivity contribution in [2.45, 2.75) is 53.4 Å². The zero-order valence-corrected chi connectivity index (χ0v) is 18.1. The normalized spacial score (nSPS) is 11.6. The number of aromatic hydroxyl groups is 1. The first kappa shape index (κ1) is 27.5. The number of rotatable bonds is 0. The average molecular weight is 392 g/mol. The Morgan fingerprint density at radius 2 is 1.70 bits per heavy atom. The Labute approximate surface area is 166 Å². The molecule has 0 aromatic heterocycles. The van der Waals surface area contributed by atoms with E-state index in [1.807, 2.05) is 12.1 Å². The van der Waals surface area contributed by atoms with Gasteiger partial charge in [0.25, 0.3) is 0 Å². The molecule has 0 bridgehead atoms. The number of halogens is 2. The molecule has 1 N–H and O–H groups in total. The van der Waals surface area contributed by atoms with Gasteiger partial charge in [0.2, 0.25) is 0 Å². The molecule has 0 amide bonds. The van der Waals surface area contributed by atoms with Crippen LogP contribution < -0.4 is 0 Å². The third-order valence-electron chi connectivity index (χ3n) is 2.58. The zero-order valence-electron chi connectivity index (χ0n) is 14.9. The van der Waals surface area contributed by atoms with Crippen LogP contribution in [0.4, 0.5) is 0 Å². The first-order chi connectivity index (χ1) is 9.62. The number of phenols is 1. The van der Waals surface area contributed by atoms with Crippen molar-refractivity contribution in [1.82, 2.24) is 0 Å². The van der Waals surface area contributed by atoms with E-state index in [0.29, 0.717) is 5.75 Å². The molecule has 0 saturated carbocycles. The van der Waals surface area contributed by atoms with Gasteiger partial charge in [-0.25, -0.2) is 11.6 Å². The second-order valence-electron chi connectivity index (χ2n) is 6.27. The fourth-order valence-electron chi connectivity index (χ4n) is 1.49. The van der Waals surface area contributed by atoms with Crippen LogP contribution in [-0.4, -0.2) is 8.92 Å². The molecule has 0 saturated heterocycles. The molecule has 0 radical (unpaired) electrons. The van der Waals surface area contributed by atoms with Gasteiger partial charge >= 0.3 is 37.6 Å². The Balaban J connectivity index is -0.000000286. The summed E-state index contributed by atoms with van der Waals surface area (Å²) in [6.07, 6.45) is 8.33. The fourth-order valence-corrected chi connectivity index (χ4v) is 1.49. The van der Waals surface area contributed by atoms with Crippen LogP contribution in [0.15, 0.2) is 42.0 Å². The van der Waals surface area contributed by atoms with Gasteiger partial charge in [-0.1, -0.05) is 39.8 Å². The Morgan fingerprint density at radius 3 is 1.91 bits per heavy atom. The molecule has 0 unspecified atom stereocenters. The zero-order chi connectivity index (χ0) is 16.5. The molecule has 0 fully saturated rings. The fraction of sp³-hybridized carbons (Fsp3) is 0.421. The topological polar surface area (TPSA) is 20.2 Å². The van der Waals surface area contributed by atoms with Gasteiger partial charge in [0.1, 0.15) is 5.75 Å². The standard InChI is InChI=1S/C10H14O.C6H7.C3H6.2ClH.Ti/c1-10(2,3)8-5-4-6-9(11)7-8;1-6-4-2-3-5-6;1-3-2;;;/h4-7,11H,1-3H3;2,4H,3H2,1H3;1-2H3;2*1H;/q;-1;;;;+1. The van der Waals surface area contributed by atoms with Crippen LogP contribution in [0.5, 0.6) is 5.75 Å². The van der Waals surface area contributed by atoms with Crippen LogP contribution in [0.3, 0.4) is 0 Å². The van der Waals surface area contributed by atoms with Gasteiger partial charge < -0.3 is 5.11 Å². The number of hydrogen-bond donors (Lipinski definition) is 1. The van der Waals surface area contributed by atoms with Crippen molar-refractivity contribution >= 4 is 28.6 Å². The van der Waals surface area contributed by atoms with Gasteiger partial charge in [0, 0.05) is 0 Å². The summed E-state index contributed by atoms with van der Waals surface area (Å²) in [7, 11) is 0. The molecule has 0 spiro atoms. The Kier molecular flexibility index (Phi) is 16.8. The van der Waals surface area contributed by atoms with E-state index in [1.165, 1.54) is 9.38 Å². The first-order valence-corrected chi connectivity index (χ1v) is 7.96. The maximum absolute atomic E-state index is 9.18. The summed E-state index contributed by atoms with van der Waals surface area (Å²) >= 11 is 2.08. The van der Waals surface area contributed by atoms with Gasteiger partial charge in [-0.15, -0.1) is 31.2 Å². The van der Waals surface area contributed by atoms with Crippen LogP contribution in [0.1, 0.15) is 53.5 Å². The average Bonchev–Trinajstić information content (AvgIpc) is 2.79. The van der Waals surface area contributed by atoms with E-state index in [1.54, 1.807) is 12.1 Å². The minimum Gasteiger partial charge on any atom is -0.147 e. The van der Waals surface area contributed by atoms with Crippen molar-refractivity contribution < 1.29 is 25.1 Å². The van der Waals surface area contributed by atoms with Gasteiger partial charge in [-0.05, 0) is 23.1 Å². The Bertz CT molecular complexity index is 508. The minimum absolute atomic E-state index is 0. The minimum atomic E-state index is 0. The quantitative estimate of drug-likeness (QED) is 0.426. The van der Waals surface area contributed by atoms with E-state index >= 15 is 0 Å². The summed E-state index contributed by atoms with van der Waals surface area (Å²) in [6, 6.07) is 7.39. The van der Waals surface area contributed by atoms with E-state index in [0.717, 1.165) is 12.0 Å². The summed E-state index contributed by atoms with van der Waals surface area (Å²) in [5, 5.41) is 9.18. The molecule has 4 heteroatoms. The summed E-state index contributed by atoms with van der Waals surface area (Å²) < 4.78 is 1.42. The van der Waals surface area contributed by atoms with Gasteiger partial charge in [-0.3, -0.25) is 6.08 Å². The molecule has 23 heavy (non-hydrogen) atoms. The second-order valence-corrected chi connectivity index (χ2v) is 7.83. The number of benzene rings is 1. The van der Waals surface area contributed by atoms with Gasteiger partial charge in [-0.2, -0.15) is 6.08 Å². The Hall–Kier alpha value is -0.336. The maximum Gasteiger partial charge on any atom is -0.147 e. The first-order valence-electron chi connectivity index (χ1n) is 7.18. The largest absolute Gasteiger partial charge is 0.147 e. The molecule has 0 heterocycles. The molecule has 0 atom stereocenters. The van der Waals surface area contributed by atoms with Crippen molar-refractivity contribution in [1.29, 1.82) is 0 Å². The van der Waals surface area contributed by atoms with Crippen molar-refractivity contribution in [3.05, 3.63) is 53.6 Å². The summed E-state index contributed by atoms with van der Waals surface area (Å²) in [6.45, 7) is 12.6. The predicted molar refractivity (Wildman–Crippen MR) is 104 cm³/mol. The summed E-state index contributed by atoms with van der Waals surface area (Å²) in [4.78, 5) is 0. The molecule has 1 aromatic carbocycles. The van der Waals surface area contributed by atoms with Gasteiger partial charge in [0.05, 0.1) is 0 Å². The molecule has 1 nitrogen and oxygen atoms in total. The van der Waals surface area contributed by atoms with Crippen LogP contribution in [0.25, 0.3) is 0 Å². The SMILES string of the molecule is CC(C)(C)c1cccc(O)c1.CC1=[C-]CC=C1.C[C](C)=[Ti+].Cl.Cl. The molecule has 129 valence electrons. The molecular formula is C19H29Cl2OTi. The van der Waals surface area contributed by atoms with Crippen LogP contribution in [0, 0.1) is 6.08 Å². The number of hydrogen-bond acceptors (Lipinski definition) is 1. The second kappa shape index (κ2) is 14.0. The summed E-state index contributed by atoms with van der Waals surface area (Å²) in [5.74, 6) is 0.345. The van der Waals surface area contributed by atoms with E-state index < -0.39 is 0 Å². The molecule has 1 aromatic rings. The van der Waals surface area contributed by atoms with E-state index in [9.17, 15) is 5.11 Å². The molecule has 2 rings (SSSR count). The predicted octanol–water partition coefficient (Wildman–Crippen LogP) is 5.97. The van der Waals surface area contributed by atoms with E-state index in [4.69, 9.17) is 0 Å². The van der Waals surface area contributed by atoms with Crippen molar-refractivity contribution in [3.8, 4) is 5.75 Å². The molecule has 1 aliphatic rings.